The molecule has 1 fully saturated rings. The average molecular weight is 190 g/mol. The summed E-state index contributed by atoms with van der Waals surface area (Å²) in [5.41, 5.74) is 1.27. The third kappa shape index (κ3) is 2.17. The van der Waals surface area contributed by atoms with E-state index in [2.05, 4.69) is 9.88 Å². The lowest BCUT2D eigenvalue weighted by Crippen LogP contribution is -2.20. The fraction of sp³-hybridized carbons (Fsp3) is 0.455. The average Bonchev–Trinajstić information content (AvgIpc) is 2.67. The second-order valence-corrected chi connectivity index (χ2v) is 3.78. The van der Waals surface area contributed by atoms with E-state index in [1.54, 1.807) is 0 Å². The van der Waals surface area contributed by atoms with Gasteiger partial charge in [0.2, 0.25) is 0 Å². The topological polar surface area (TPSA) is 33.2 Å². The summed E-state index contributed by atoms with van der Waals surface area (Å²) in [6.07, 6.45) is 5.70. The molecule has 1 saturated heterocycles. The Morgan fingerprint density at radius 2 is 2.29 bits per heavy atom. The van der Waals surface area contributed by atoms with Crippen LogP contribution in [0.2, 0.25) is 0 Å². The van der Waals surface area contributed by atoms with E-state index in [1.807, 2.05) is 24.5 Å². The quantitative estimate of drug-likeness (QED) is 0.669. The summed E-state index contributed by atoms with van der Waals surface area (Å²) in [6, 6.07) is 4.04. The van der Waals surface area contributed by atoms with Crippen molar-refractivity contribution in [2.24, 2.45) is 5.92 Å². The van der Waals surface area contributed by atoms with E-state index in [0.29, 0.717) is 0 Å². The van der Waals surface area contributed by atoms with Crippen molar-refractivity contribution in [3.8, 4) is 0 Å². The van der Waals surface area contributed by atoms with Crippen LogP contribution in [-0.4, -0.2) is 29.3 Å². The maximum atomic E-state index is 10.6. The molecule has 0 aliphatic carbocycles. The Bertz CT molecular complexity index is 299. The number of nitrogens with zero attached hydrogens (tertiary/aromatic N) is 2. The number of rotatable bonds is 3. The van der Waals surface area contributed by atoms with Crippen molar-refractivity contribution < 1.29 is 4.79 Å². The Balaban J connectivity index is 1.90. The molecule has 1 atom stereocenters. The number of carbonyl (C=O) groups is 1. The van der Waals surface area contributed by atoms with Gasteiger partial charge < -0.3 is 4.79 Å². The fourth-order valence-corrected chi connectivity index (χ4v) is 1.86. The highest BCUT2D eigenvalue weighted by atomic mass is 16.1. The number of aromatic nitrogens is 1. The van der Waals surface area contributed by atoms with Crippen molar-refractivity contribution in [1.82, 2.24) is 9.88 Å². The number of hydrogen-bond acceptors (Lipinski definition) is 3. The Morgan fingerprint density at radius 3 is 2.93 bits per heavy atom. The Morgan fingerprint density at radius 1 is 1.50 bits per heavy atom. The summed E-state index contributed by atoms with van der Waals surface area (Å²) in [4.78, 5) is 16.9. The van der Waals surface area contributed by atoms with Crippen LogP contribution < -0.4 is 0 Å². The van der Waals surface area contributed by atoms with Gasteiger partial charge in [0, 0.05) is 31.4 Å². The van der Waals surface area contributed by atoms with Crippen molar-refractivity contribution in [3.63, 3.8) is 0 Å². The first-order chi connectivity index (χ1) is 6.88. The Hall–Kier alpha value is -1.22. The number of aldehydes is 1. The molecular formula is C11H14N2O. The number of carbonyl (C=O) groups excluding carboxylic acids is 1. The Kier molecular flexibility index (Phi) is 2.89. The zero-order valence-corrected chi connectivity index (χ0v) is 8.10. The molecule has 3 heteroatoms. The molecule has 1 aliphatic heterocycles. The fourth-order valence-electron chi connectivity index (χ4n) is 1.86. The first kappa shape index (κ1) is 9.34. The molecule has 0 amide bonds. The molecule has 14 heavy (non-hydrogen) atoms. The molecule has 0 N–H and O–H groups in total. The summed E-state index contributed by atoms with van der Waals surface area (Å²) in [5.74, 6) is 0.247. The summed E-state index contributed by atoms with van der Waals surface area (Å²) in [6.45, 7) is 2.88. The van der Waals surface area contributed by atoms with Gasteiger partial charge in [-0.05, 0) is 30.7 Å². The second kappa shape index (κ2) is 4.33. The minimum atomic E-state index is 0.247. The maximum absolute atomic E-state index is 10.6. The van der Waals surface area contributed by atoms with Gasteiger partial charge in [-0.15, -0.1) is 0 Å². The summed E-state index contributed by atoms with van der Waals surface area (Å²) >= 11 is 0. The van der Waals surface area contributed by atoms with Crippen LogP contribution in [-0.2, 0) is 11.3 Å². The summed E-state index contributed by atoms with van der Waals surface area (Å²) in [7, 11) is 0. The van der Waals surface area contributed by atoms with Crippen LogP contribution >= 0.6 is 0 Å². The van der Waals surface area contributed by atoms with Crippen LogP contribution in [0, 0.1) is 5.92 Å². The SMILES string of the molecule is O=C[C@H]1CCN(Cc2ccncc2)C1. The lowest BCUT2D eigenvalue weighted by molar-refractivity contribution is -0.110. The minimum Gasteiger partial charge on any atom is -0.303 e. The molecule has 0 saturated carbocycles. The van der Waals surface area contributed by atoms with Crippen molar-refractivity contribution in [3.05, 3.63) is 30.1 Å². The van der Waals surface area contributed by atoms with Gasteiger partial charge in [-0.2, -0.15) is 0 Å². The van der Waals surface area contributed by atoms with Crippen LogP contribution in [0.3, 0.4) is 0 Å². The molecule has 1 aromatic heterocycles. The van der Waals surface area contributed by atoms with E-state index in [-0.39, 0.29) is 5.92 Å². The highest BCUT2D eigenvalue weighted by Crippen LogP contribution is 2.16. The van der Waals surface area contributed by atoms with Gasteiger partial charge in [0.1, 0.15) is 6.29 Å². The van der Waals surface area contributed by atoms with Crippen LogP contribution in [0.15, 0.2) is 24.5 Å². The lowest BCUT2D eigenvalue weighted by Gasteiger charge is -2.14. The van der Waals surface area contributed by atoms with Crippen molar-refractivity contribution in [2.75, 3.05) is 13.1 Å². The smallest absolute Gasteiger partial charge is 0.124 e. The molecule has 1 aromatic rings. The highest BCUT2D eigenvalue weighted by molar-refractivity contribution is 5.54. The number of hydrogen-bond donors (Lipinski definition) is 0. The molecule has 0 unspecified atom stereocenters. The predicted octanol–water partition coefficient (Wildman–Crippen LogP) is 1.10. The van der Waals surface area contributed by atoms with Crippen molar-refractivity contribution in [2.45, 2.75) is 13.0 Å². The molecular weight excluding hydrogens is 176 g/mol. The van der Waals surface area contributed by atoms with Gasteiger partial charge in [0.15, 0.2) is 0 Å². The first-order valence-electron chi connectivity index (χ1n) is 4.95. The van der Waals surface area contributed by atoms with E-state index < -0.39 is 0 Å². The van der Waals surface area contributed by atoms with Gasteiger partial charge in [-0.3, -0.25) is 9.88 Å². The van der Waals surface area contributed by atoms with E-state index in [4.69, 9.17) is 0 Å². The van der Waals surface area contributed by atoms with E-state index >= 15 is 0 Å². The summed E-state index contributed by atoms with van der Waals surface area (Å²) in [5, 5.41) is 0. The van der Waals surface area contributed by atoms with E-state index in [9.17, 15) is 4.79 Å². The predicted molar refractivity (Wildman–Crippen MR) is 53.7 cm³/mol. The molecule has 0 radical (unpaired) electrons. The largest absolute Gasteiger partial charge is 0.303 e. The zero-order chi connectivity index (χ0) is 9.80. The number of pyridine rings is 1. The third-order valence-electron chi connectivity index (χ3n) is 2.66. The van der Waals surface area contributed by atoms with Gasteiger partial charge in [0.05, 0.1) is 0 Å². The van der Waals surface area contributed by atoms with Crippen LogP contribution in [0.4, 0.5) is 0 Å². The van der Waals surface area contributed by atoms with Gasteiger partial charge in [-0.1, -0.05) is 0 Å². The van der Waals surface area contributed by atoms with Crippen molar-refractivity contribution >= 4 is 6.29 Å². The molecule has 1 aliphatic rings. The van der Waals surface area contributed by atoms with Gasteiger partial charge in [0.25, 0.3) is 0 Å². The molecule has 2 heterocycles. The molecule has 74 valence electrons. The van der Waals surface area contributed by atoms with Gasteiger partial charge >= 0.3 is 0 Å². The standard InChI is InChI=1S/C11H14N2O/c14-9-11-3-6-13(8-11)7-10-1-4-12-5-2-10/h1-2,4-5,9,11H,3,6-8H2/t11-/m0/s1. The monoisotopic (exact) mass is 190 g/mol. The van der Waals surface area contributed by atoms with Crippen LogP contribution in [0.1, 0.15) is 12.0 Å². The number of likely N-dealkylation sites (tertiary alicyclic amines) is 1. The van der Waals surface area contributed by atoms with Crippen molar-refractivity contribution in [1.29, 1.82) is 0 Å². The second-order valence-electron chi connectivity index (χ2n) is 3.78. The zero-order valence-electron chi connectivity index (χ0n) is 8.10. The van der Waals surface area contributed by atoms with Gasteiger partial charge in [-0.25, -0.2) is 0 Å². The normalized spacial score (nSPS) is 22.4. The minimum absolute atomic E-state index is 0.247. The molecule has 3 nitrogen and oxygen atoms in total. The lowest BCUT2D eigenvalue weighted by atomic mass is 10.1. The molecule has 0 aromatic carbocycles. The third-order valence-corrected chi connectivity index (χ3v) is 2.66. The highest BCUT2D eigenvalue weighted by Gasteiger charge is 2.21. The maximum Gasteiger partial charge on any atom is 0.124 e. The van der Waals surface area contributed by atoms with Crippen LogP contribution in [0.25, 0.3) is 0 Å². The molecule has 0 spiro atoms. The first-order valence-corrected chi connectivity index (χ1v) is 4.95. The van der Waals surface area contributed by atoms with E-state index in [1.165, 1.54) is 5.56 Å². The Labute approximate surface area is 83.8 Å². The van der Waals surface area contributed by atoms with E-state index in [0.717, 1.165) is 32.3 Å². The summed E-state index contributed by atoms with van der Waals surface area (Å²) < 4.78 is 0. The molecule has 2 rings (SSSR count). The molecule has 0 bridgehead atoms. The van der Waals surface area contributed by atoms with Crippen LogP contribution in [0.5, 0.6) is 0 Å².